The van der Waals surface area contributed by atoms with Gasteiger partial charge in [-0.05, 0) is 11.6 Å². The van der Waals surface area contributed by atoms with E-state index < -0.39 is 0 Å². The minimum atomic E-state index is -0.374. The standard InChI is InChI=1S/C10H10ClNO2.ClH/c11-8-4-2-1-3-7(8)9-5-6-14-10(13)12-9;/h1-4,9H,5-6H2,(H,12,13);1H/t9-;/m0./s1. The molecule has 3 nitrogen and oxygen atoms in total. The number of ether oxygens (including phenoxy) is 1. The summed E-state index contributed by atoms with van der Waals surface area (Å²) in [7, 11) is 0. The summed E-state index contributed by atoms with van der Waals surface area (Å²) >= 11 is 6.01. The Morgan fingerprint density at radius 1 is 1.40 bits per heavy atom. The molecule has 1 aromatic rings. The Kier molecular flexibility index (Phi) is 4.24. The van der Waals surface area contributed by atoms with Crippen LogP contribution >= 0.6 is 24.0 Å². The zero-order chi connectivity index (χ0) is 9.97. The zero-order valence-corrected chi connectivity index (χ0v) is 9.48. The van der Waals surface area contributed by atoms with Crippen molar-refractivity contribution in [2.75, 3.05) is 6.61 Å². The van der Waals surface area contributed by atoms with Crippen LogP contribution < -0.4 is 5.32 Å². The Morgan fingerprint density at radius 3 is 2.80 bits per heavy atom. The van der Waals surface area contributed by atoms with E-state index in [9.17, 15) is 4.79 Å². The third-order valence-electron chi connectivity index (χ3n) is 2.21. The smallest absolute Gasteiger partial charge is 0.407 e. The highest BCUT2D eigenvalue weighted by Gasteiger charge is 2.21. The number of carbonyl (C=O) groups is 1. The van der Waals surface area contributed by atoms with E-state index in [1.807, 2.05) is 24.3 Å². The summed E-state index contributed by atoms with van der Waals surface area (Å²) in [5.74, 6) is 0. The highest BCUT2D eigenvalue weighted by Crippen LogP contribution is 2.26. The van der Waals surface area contributed by atoms with Crippen molar-refractivity contribution in [2.45, 2.75) is 12.5 Å². The molecule has 1 aliphatic heterocycles. The fraction of sp³-hybridized carbons (Fsp3) is 0.300. The molecule has 1 atom stereocenters. The van der Waals surface area contributed by atoms with Crippen LogP contribution in [0.3, 0.4) is 0 Å². The van der Waals surface area contributed by atoms with Crippen LogP contribution in [0.4, 0.5) is 4.79 Å². The maximum Gasteiger partial charge on any atom is 0.407 e. The second-order valence-corrected chi connectivity index (χ2v) is 3.55. The number of hydrogen-bond donors (Lipinski definition) is 1. The minimum absolute atomic E-state index is 0. The molecule has 1 aliphatic rings. The number of cyclic esters (lactones) is 1. The Balaban J connectivity index is 0.00000112. The zero-order valence-electron chi connectivity index (χ0n) is 7.90. The summed E-state index contributed by atoms with van der Waals surface area (Å²) in [4.78, 5) is 11.0. The van der Waals surface area contributed by atoms with Gasteiger partial charge in [0.15, 0.2) is 0 Å². The van der Waals surface area contributed by atoms with Crippen molar-refractivity contribution in [3.63, 3.8) is 0 Å². The van der Waals surface area contributed by atoms with Crippen molar-refractivity contribution >= 4 is 30.1 Å². The van der Waals surface area contributed by atoms with Crippen LogP contribution in [0.5, 0.6) is 0 Å². The first-order valence-electron chi connectivity index (χ1n) is 4.45. The molecule has 5 heteroatoms. The Labute approximate surface area is 99.2 Å². The Morgan fingerprint density at radius 2 is 2.13 bits per heavy atom. The number of nitrogens with one attached hydrogen (secondary N) is 1. The molecule has 0 unspecified atom stereocenters. The molecule has 0 radical (unpaired) electrons. The largest absolute Gasteiger partial charge is 0.449 e. The lowest BCUT2D eigenvalue weighted by Gasteiger charge is -2.24. The van der Waals surface area contributed by atoms with Gasteiger partial charge in [0.25, 0.3) is 0 Å². The van der Waals surface area contributed by atoms with Crippen LogP contribution in [-0.2, 0) is 4.74 Å². The topological polar surface area (TPSA) is 38.3 Å². The number of hydrogen-bond acceptors (Lipinski definition) is 2. The summed E-state index contributed by atoms with van der Waals surface area (Å²) in [6.07, 6.45) is 0.385. The molecule has 0 aromatic heterocycles. The van der Waals surface area contributed by atoms with E-state index in [0.717, 1.165) is 12.0 Å². The van der Waals surface area contributed by atoms with Gasteiger partial charge in [-0.1, -0.05) is 29.8 Å². The summed E-state index contributed by atoms with van der Waals surface area (Å²) in [5, 5.41) is 3.41. The summed E-state index contributed by atoms with van der Waals surface area (Å²) < 4.78 is 4.78. The van der Waals surface area contributed by atoms with E-state index in [0.29, 0.717) is 11.6 Å². The van der Waals surface area contributed by atoms with Gasteiger partial charge < -0.3 is 10.1 Å². The molecule has 82 valence electrons. The van der Waals surface area contributed by atoms with Crippen LogP contribution in [0.2, 0.25) is 5.02 Å². The molecule has 2 rings (SSSR count). The predicted molar refractivity (Wildman–Crippen MR) is 60.5 cm³/mol. The maximum absolute atomic E-state index is 11.0. The molecular weight excluding hydrogens is 237 g/mol. The molecule has 15 heavy (non-hydrogen) atoms. The van der Waals surface area contributed by atoms with Crippen LogP contribution in [0, 0.1) is 0 Å². The van der Waals surface area contributed by atoms with Gasteiger partial charge in [-0.2, -0.15) is 0 Å². The average molecular weight is 248 g/mol. The van der Waals surface area contributed by atoms with E-state index >= 15 is 0 Å². The van der Waals surface area contributed by atoms with Gasteiger partial charge in [0, 0.05) is 11.4 Å². The van der Waals surface area contributed by atoms with Crippen LogP contribution in [0.1, 0.15) is 18.0 Å². The van der Waals surface area contributed by atoms with Gasteiger partial charge in [-0.15, -0.1) is 12.4 Å². The van der Waals surface area contributed by atoms with Crippen LogP contribution in [-0.4, -0.2) is 12.7 Å². The molecular formula is C10H11Cl2NO2. The van der Waals surface area contributed by atoms with Gasteiger partial charge in [0.2, 0.25) is 0 Å². The van der Waals surface area contributed by atoms with Crippen molar-refractivity contribution in [2.24, 2.45) is 0 Å². The molecule has 0 spiro atoms. The molecule has 1 amide bonds. The number of rotatable bonds is 1. The van der Waals surface area contributed by atoms with Crippen molar-refractivity contribution in [3.05, 3.63) is 34.9 Å². The molecule has 1 N–H and O–H groups in total. The van der Waals surface area contributed by atoms with Crippen molar-refractivity contribution in [1.29, 1.82) is 0 Å². The number of amides is 1. The Bertz CT molecular complexity index is 357. The lowest BCUT2D eigenvalue weighted by molar-refractivity contribution is 0.115. The molecule has 0 aliphatic carbocycles. The first-order valence-corrected chi connectivity index (χ1v) is 4.83. The lowest BCUT2D eigenvalue weighted by Crippen LogP contribution is -2.35. The van der Waals surface area contributed by atoms with E-state index in [4.69, 9.17) is 16.3 Å². The first-order chi connectivity index (χ1) is 6.77. The van der Waals surface area contributed by atoms with E-state index in [1.165, 1.54) is 0 Å². The molecule has 1 fully saturated rings. The highest BCUT2D eigenvalue weighted by molar-refractivity contribution is 6.31. The first kappa shape index (κ1) is 12.1. The fourth-order valence-electron chi connectivity index (χ4n) is 1.52. The molecule has 0 saturated carbocycles. The quantitative estimate of drug-likeness (QED) is 0.829. The predicted octanol–water partition coefficient (Wildman–Crippen LogP) is 2.93. The maximum atomic E-state index is 11.0. The van der Waals surface area contributed by atoms with E-state index in [2.05, 4.69) is 5.32 Å². The molecule has 1 heterocycles. The fourth-order valence-corrected chi connectivity index (χ4v) is 1.78. The van der Waals surface area contributed by atoms with Gasteiger partial charge in [-0.25, -0.2) is 4.79 Å². The number of alkyl carbamates (subject to hydrolysis) is 1. The summed E-state index contributed by atoms with van der Waals surface area (Å²) in [6.45, 7) is 0.446. The van der Waals surface area contributed by atoms with Gasteiger partial charge >= 0.3 is 6.09 Å². The summed E-state index contributed by atoms with van der Waals surface area (Å²) in [5.41, 5.74) is 0.950. The van der Waals surface area contributed by atoms with Gasteiger partial charge in [0.1, 0.15) is 0 Å². The molecule has 0 bridgehead atoms. The van der Waals surface area contributed by atoms with E-state index in [-0.39, 0.29) is 24.5 Å². The van der Waals surface area contributed by atoms with Gasteiger partial charge in [0.05, 0.1) is 12.6 Å². The number of halogens is 2. The number of benzene rings is 1. The Hall–Kier alpha value is -0.930. The third kappa shape index (κ3) is 2.76. The minimum Gasteiger partial charge on any atom is -0.449 e. The van der Waals surface area contributed by atoms with Crippen molar-refractivity contribution in [3.8, 4) is 0 Å². The lowest BCUT2D eigenvalue weighted by atomic mass is 10.0. The second kappa shape index (κ2) is 5.24. The average Bonchev–Trinajstić information content (AvgIpc) is 2.18. The highest BCUT2D eigenvalue weighted by atomic mass is 35.5. The molecule has 1 aromatic carbocycles. The monoisotopic (exact) mass is 247 g/mol. The van der Waals surface area contributed by atoms with Gasteiger partial charge in [-0.3, -0.25) is 0 Å². The van der Waals surface area contributed by atoms with Crippen LogP contribution in [0.25, 0.3) is 0 Å². The molecule has 1 saturated heterocycles. The van der Waals surface area contributed by atoms with Crippen molar-refractivity contribution < 1.29 is 9.53 Å². The normalized spacial score (nSPS) is 19.8. The van der Waals surface area contributed by atoms with Crippen LogP contribution in [0.15, 0.2) is 24.3 Å². The second-order valence-electron chi connectivity index (χ2n) is 3.14. The number of carbonyl (C=O) groups excluding carboxylic acids is 1. The van der Waals surface area contributed by atoms with E-state index in [1.54, 1.807) is 0 Å². The SMILES string of the molecule is Cl.O=C1N[C@H](c2ccccc2Cl)CCO1. The summed E-state index contributed by atoms with van der Waals surface area (Å²) in [6, 6.07) is 7.48. The van der Waals surface area contributed by atoms with Crippen molar-refractivity contribution in [1.82, 2.24) is 5.32 Å². The third-order valence-corrected chi connectivity index (χ3v) is 2.56.